The third kappa shape index (κ3) is 3.27. The molecular weight excluding hydrogens is 68.0 g/mol. The molecule has 5 heavy (non-hydrogen) atoms. The Kier molecular flexibility index (Phi) is 1.35. The molecule has 0 saturated carbocycles. The molecule has 0 saturated heterocycles. The molecule has 0 aliphatic rings. The van der Waals surface area contributed by atoms with Gasteiger partial charge in [-0.25, -0.2) is 0 Å². The lowest BCUT2D eigenvalue weighted by Gasteiger charge is -1.74. The molecule has 3 N–H and O–H groups in total. The van der Waals surface area contributed by atoms with E-state index in [9.17, 15) is 0 Å². The van der Waals surface area contributed by atoms with Crippen LogP contribution in [0.5, 0.6) is 0 Å². The third-order valence-electron chi connectivity index (χ3n) is 0.216. The van der Waals surface area contributed by atoms with Gasteiger partial charge in [-0.2, -0.15) is 0 Å². The third-order valence-corrected chi connectivity index (χ3v) is 0.216. The van der Waals surface area contributed by atoms with Gasteiger partial charge in [0.25, 0.3) is 6.34 Å². The molecule has 3 nitrogen and oxygen atoms in total. The lowest BCUT2D eigenvalue weighted by Crippen LogP contribution is -2.06. The summed E-state index contributed by atoms with van der Waals surface area (Å²) in [6.07, 6.45) is 1.06. The lowest BCUT2D eigenvalue weighted by molar-refractivity contribution is -0.751. The van der Waals surface area contributed by atoms with Crippen molar-refractivity contribution in [3.8, 4) is 0 Å². The zero-order valence-electron chi connectivity index (χ0n) is 3.05. The van der Waals surface area contributed by atoms with E-state index in [0.29, 0.717) is 0 Å². The van der Waals surface area contributed by atoms with E-state index in [0.717, 1.165) is 11.1 Å². The molecule has 0 bridgehead atoms. The Labute approximate surface area is 30.3 Å². The van der Waals surface area contributed by atoms with Crippen LogP contribution in [0.15, 0.2) is 0 Å². The molecule has 0 unspecified atom stereocenters. The summed E-state index contributed by atoms with van der Waals surface area (Å²) >= 11 is 0. The van der Waals surface area contributed by atoms with Crippen LogP contribution < -0.4 is 5.73 Å². The molecule has 0 radical (unpaired) electrons. The fourth-order valence-electron chi connectivity index (χ4n) is 0. The summed E-state index contributed by atoms with van der Waals surface area (Å²) in [6, 6.07) is 0. The molecule has 0 aliphatic heterocycles. The minimum Gasteiger partial charge on any atom is -0.356 e. The van der Waals surface area contributed by atoms with Crippen LogP contribution in [0.3, 0.4) is 0 Å². The number of rotatable bonds is 0. The first-order chi connectivity index (χ1) is 2.27. The Balaban J connectivity index is 3.14. The summed E-state index contributed by atoms with van der Waals surface area (Å²) in [6.45, 7) is 0. The van der Waals surface area contributed by atoms with Gasteiger partial charge in [0.05, 0.1) is 0 Å². The first-order valence-electron chi connectivity index (χ1n) is 1.24. The Morgan fingerprint density at radius 2 is 2.20 bits per heavy atom. The molecule has 0 aromatic carbocycles. The molecule has 3 heteroatoms. The molecule has 0 heterocycles. The first-order valence-corrected chi connectivity index (χ1v) is 1.24. The number of hydroxylamine groups is 1. The van der Waals surface area contributed by atoms with E-state index in [4.69, 9.17) is 10.9 Å². The Hall–Kier alpha value is -0.730. The van der Waals surface area contributed by atoms with Crippen LogP contribution in [0.1, 0.15) is 0 Å². The second kappa shape index (κ2) is 1.58. The fraction of sp³-hybridized carbons (Fsp3) is 0.500. The molecule has 0 aliphatic carbocycles. The molecule has 0 amide bonds. The highest BCUT2D eigenvalue weighted by molar-refractivity contribution is 5.43. The van der Waals surface area contributed by atoms with Crippen LogP contribution in [0.4, 0.5) is 0 Å². The summed E-state index contributed by atoms with van der Waals surface area (Å²) in [7, 11) is 1.43. The lowest BCUT2D eigenvalue weighted by atomic mass is 11.2. The van der Waals surface area contributed by atoms with Crippen LogP contribution in [0.2, 0.25) is 0 Å². The summed E-state index contributed by atoms with van der Waals surface area (Å²) < 4.78 is 0.778. The van der Waals surface area contributed by atoms with Gasteiger partial charge in [0, 0.05) is 0 Å². The van der Waals surface area contributed by atoms with Gasteiger partial charge >= 0.3 is 0 Å². The highest BCUT2D eigenvalue weighted by Crippen LogP contribution is 1.34. The Morgan fingerprint density at radius 1 is 2.00 bits per heavy atom. The van der Waals surface area contributed by atoms with Crippen LogP contribution in [-0.4, -0.2) is 23.3 Å². The molecule has 0 aromatic heterocycles. The largest absolute Gasteiger partial charge is 0.356 e. The van der Waals surface area contributed by atoms with Gasteiger partial charge in [0.2, 0.25) is 0 Å². The van der Waals surface area contributed by atoms with Crippen molar-refractivity contribution in [1.29, 1.82) is 0 Å². The molecule has 0 atom stereocenters. The number of hydrogen-bond acceptors (Lipinski definition) is 1. The minimum absolute atomic E-state index is 0.778. The van der Waals surface area contributed by atoms with Gasteiger partial charge in [-0.05, 0) is 0 Å². The zero-order chi connectivity index (χ0) is 4.28. The molecule has 0 fully saturated rings. The van der Waals surface area contributed by atoms with Crippen LogP contribution in [0.25, 0.3) is 0 Å². The zero-order valence-corrected chi connectivity index (χ0v) is 3.05. The number of nitrogens with two attached hydrogens (primary N) is 1. The summed E-state index contributed by atoms with van der Waals surface area (Å²) in [5.41, 5.74) is 4.72. The normalized spacial score (nSPS) is 11.8. The van der Waals surface area contributed by atoms with Crippen molar-refractivity contribution >= 4 is 6.34 Å². The molecule has 0 spiro atoms. The topological polar surface area (TPSA) is 49.3 Å². The fourth-order valence-corrected chi connectivity index (χ4v) is 0. The predicted octanol–water partition coefficient (Wildman–Crippen LogP) is -0.995. The van der Waals surface area contributed by atoms with Gasteiger partial charge in [0.15, 0.2) is 0 Å². The molecule has 30 valence electrons. The first kappa shape index (κ1) is 4.27. The van der Waals surface area contributed by atoms with E-state index in [1.165, 1.54) is 7.05 Å². The van der Waals surface area contributed by atoms with Crippen molar-refractivity contribution in [2.75, 3.05) is 7.05 Å². The van der Waals surface area contributed by atoms with Gasteiger partial charge in [-0.3, -0.25) is 5.73 Å². The molecule has 0 aromatic rings. The molecular formula is C2H7N2O+. The summed E-state index contributed by atoms with van der Waals surface area (Å²) in [5.74, 6) is 0. The molecule has 0 rings (SSSR count). The maximum absolute atomic E-state index is 8.01. The van der Waals surface area contributed by atoms with Crippen molar-refractivity contribution in [2.24, 2.45) is 5.73 Å². The van der Waals surface area contributed by atoms with E-state index < -0.39 is 0 Å². The van der Waals surface area contributed by atoms with Crippen LogP contribution in [0, 0.1) is 0 Å². The summed E-state index contributed by atoms with van der Waals surface area (Å²) in [4.78, 5) is 0. The van der Waals surface area contributed by atoms with Crippen molar-refractivity contribution in [2.45, 2.75) is 0 Å². The van der Waals surface area contributed by atoms with E-state index in [2.05, 4.69) is 0 Å². The second-order valence-corrected chi connectivity index (χ2v) is 0.723. The standard InChI is InChI=1S/C2H6N2O/c1-4(5)2-3/h2-3,5H,1H3/p+1. The van der Waals surface area contributed by atoms with E-state index in [1.807, 2.05) is 0 Å². The SMILES string of the molecule is C[N+](O)=CN. The number of nitrogens with zero attached hydrogens (tertiary/aromatic N) is 1. The highest BCUT2D eigenvalue weighted by atomic mass is 16.5. The maximum atomic E-state index is 8.01. The van der Waals surface area contributed by atoms with Crippen molar-refractivity contribution in [1.82, 2.24) is 0 Å². The average Bonchev–Trinajstić information content (AvgIpc) is 1.38. The van der Waals surface area contributed by atoms with Gasteiger partial charge in [0.1, 0.15) is 7.05 Å². The quantitative estimate of drug-likeness (QED) is 0.128. The van der Waals surface area contributed by atoms with Crippen molar-refractivity contribution in [3.63, 3.8) is 0 Å². The van der Waals surface area contributed by atoms with Crippen molar-refractivity contribution in [3.05, 3.63) is 0 Å². The van der Waals surface area contributed by atoms with Gasteiger partial charge in [-0.15, -0.1) is 0 Å². The smallest absolute Gasteiger partial charge is 0.268 e. The van der Waals surface area contributed by atoms with Crippen molar-refractivity contribution < 1.29 is 9.95 Å². The van der Waals surface area contributed by atoms with E-state index >= 15 is 0 Å². The highest BCUT2D eigenvalue weighted by Gasteiger charge is 1.65. The minimum atomic E-state index is 0.778. The van der Waals surface area contributed by atoms with Crippen LogP contribution >= 0.6 is 0 Å². The second-order valence-electron chi connectivity index (χ2n) is 0.723. The predicted molar refractivity (Wildman–Crippen MR) is 18.2 cm³/mol. The van der Waals surface area contributed by atoms with E-state index in [-0.39, 0.29) is 0 Å². The Morgan fingerprint density at radius 3 is 2.20 bits per heavy atom. The van der Waals surface area contributed by atoms with Gasteiger partial charge < -0.3 is 5.21 Å². The number of hydrogen-bond donors (Lipinski definition) is 2. The average molecular weight is 75.1 g/mol. The van der Waals surface area contributed by atoms with E-state index in [1.54, 1.807) is 0 Å². The van der Waals surface area contributed by atoms with Crippen LogP contribution in [-0.2, 0) is 0 Å². The Bertz CT molecular complexity index is 45.6. The summed E-state index contributed by atoms with van der Waals surface area (Å²) in [5, 5.41) is 8.01. The van der Waals surface area contributed by atoms with Gasteiger partial charge in [-0.1, -0.05) is 4.74 Å². The maximum Gasteiger partial charge on any atom is 0.268 e. The monoisotopic (exact) mass is 75.1 g/mol.